The Hall–Kier alpha value is -3.69. The Labute approximate surface area is 167 Å². The van der Waals surface area contributed by atoms with E-state index >= 15 is 0 Å². The van der Waals surface area contributed by atoms with Crippen LogP contribution in [0.5, 0.6) is 5.75 Å². The molecule has 0 unspecified atom stereocenters. The molecular formula is C19H21N7O3. The van der Waals surface area contributed by atoms with Crippen LogP contribution >= 0.6 is 0 Å². The van der Waals surface area contributed by atoms with Crippen molar-refractivity contribution in [2.45, 2.75) is 6.92 Å². The van der Waals surface area contributed by atoms with Crippen LogP contribution in [0.3, 0.4) is 0 Å². The van der Waals surface area contributed by atoms with E-state index in [0.717, 1.165) is 11.5 Å². The van der Waals surface area contributed by atoms with E-state index in [1.54, 1.807) is 25.2 Å². The fourth-order valence-corrected chi connectivity index (χ4v) is 3.37. The summed E-state index contributed by atoms with van der Waals surface area (Å²) in [5.41, 5.74) is 1.41. The van der Waals surface area contributed by atoms with E-state index < -0.39 is 5.97 Å². The molecule has 29 heavy (non-hydrogen) atoms. The van der Waals surface area contributed by atoms with Crippen molar-refractivity contribution in [2.24, 2.45) is 7.05 Å². The first-order chi connectivity index (χ1) is 13.9. The third-order valence-electron chi connectivity index (χ3n) is 4.80. The van der Waals surface area contributed by atoms with E-state index in [9.17, 15) is 9.90 Å². The lowest BCUT2D eigenvalue weighted by molar-refractivity contribution is 0.0683. The standard InChI is InChI=1S/C19H21N7O3/c1-12-11-15(21-16(20-12)13-5-3-4-6-14(13)27)25-7-9-26(10-8-25)19-22-17(18(28)29)23-24(19)2/h3-6,11,27H,7-10H2,1-2H3,(H,28,29). The molecule has 150 valence electrons. The van der Waals surface area contributed by atoms with Gasteiger partial charge in [-0.2, -0.15) is 4.98 Å². The van der Waals surface area contributed by atoms with Gasteiger partial charge in [0.1, 0.15) is 11.6 Å². The van der Waals surface area contributed by atoms with Crippen LogP contribution in [0.1, 0.15) is 16.3 Å². The molecule has 0 radical (unpaired) electrons. The average Bonchev–Trinajstić information content (AvgIpc) is 3.10. The summed E-state index contributed by atoms with van der Waals surface area (Å²) in [6, 6.07) is 8.93. The number of carboxylic acids is 1. The topological polar surface area (TPSA) is 121 Å². The second-order valence-electron chi connectivity index (χ2n) is 6.85. The monoisotopic (exact) mass is 395 g/mol. The van der Waals surface area contributed by atoms with Crippen LogP contribution < -0.4 is 9.80 Å². The second kappa shape index (κ2) is 7.38. The van der Waals surface area contributed by atoms with Crippen LogP contribution in [-0.4, -0.2) is 67.1 Å². The molecule has 0 atom stereocenters. The number of phenols is 1. The van der Waals surface area contributed by atoms with Crippen molar-refractivity contribution in [2.75, 3.05) is 36.0 Å². The second-order valence-corrected chi connectivity index (χ2v) is 6.85. The molecule has 10 heteroatoms. The zero-order chi connectivity index (χ0) is 20.5. The molecule has 2 aromatic heterocycles. The predicted molar refractivity (Wildman–Crippen MR) is 106 cm³/mol. The minimum absolute atomic E-state index is 0.144. The van der Waals surface area contributed by atoms with Gasteiger partial charge in [-0.15, -0.1) is 5.10 Å². The minimum atomic E-state index is -1.14. The number of aromatic carboxylic acids is 1. The van der Waals surface area contributed by atoms with Gasteiger partial charge in [0.15, 0.2) is 5.82 Å². The van der Waals surface area contributed by atoms with Crippen LogP contribution in [0.2, 0.25) is 0 Å². The largest absolute Gasteiger partial charge is 0.507 e. The number of aromatic hydroxyl groups is 1. The van der Waals surface area contributed by atoms with E-state index in [-0.39, 0.29) is 11.6 Å². The number of nitrogens with zero attached hydrogens (tertiary/aromatic N) is 7. The van der Waals surface area contributed by atoms with E-state index in [2.05, 4.69) is 25.0 Å². The Morgan fingerprint density at radius 2 is 1.72 bits per heavy atom. The zero-order valence-corrected chi connectivity index (χ0v) is 16.1. The summed E-state index contributed by atoms with van der Waals surface area (Å²) >= 11 is 0. The molecule has 3 heterocycles. The number of carboxylic acid groups (broad SMARTS) is 1. The average molecular weight is 395 g/mol. The predicted octanol–water partition coefficient (Wildman–Crippen LogP) is 1.31. The number of aromatic nitrogens is 5. The van der Waals surface area contributed by atoms with E-state index in [1.165, 1.54) is 4.68 Å². The van der Waals surface area contributed by atoms with E-state index in [4.69, 9.17) is 5.11 Å². The Bertz CT molecular complexity index is 1060. The summed E-state index contributed by atoms with van der Waals surface area (Å²) in [7, 11) is 1.69. The summed E-state index contributed by atoms with van der Waals surface area (Å²) in [6.45, 7) is 4.58. The smallest absolute Gasteiger partial charge is 0.375 e. The highest BCUT2D eigenvalue weighted by Crippen LogP contribution is 2.28. The number of anilines is 2. The first kappa shape index (κ1) is 18.7. The van der Waals surface area contributed by atoms with Gasteiger partial charge >= 0.3 is 5.97 Å². The molecule has 0 bridgehead atoms. The van der Waals surface area contributed by atoms with Gasteiger partial charge in [0, 0.05) is 45.0 Å². The van der Waals surface area contributed by atoms with Gasteiger partial charge in [0.2, 0.25) is 5.95 Å². The van der Waals surface area contributed by atoms with E-state index in [0.29, 0.717) is 43.5 Å². The van der Waals surface area contributed by atoms with Gasteiger partial charge < -0.3 is 20.0 Å². The molecule has 3 aromatic rings. The highest BCUT2D eigenvalue weighted by Gasteiger charge is 2.24. The van der Waals surface area contributed by atoms with Crippen molar-refractivity contribution in [1.29, 1.82) is 0 Å². The molecule has 1 aromatic carbocycles. The normalized spacial score (nSPS) is 14.3. The molecular weight excluding hydrogens is 374 g/mol. The molecule has 0 aliphatic carbocycles. The van der Waals surface area contributed by atoms with Gasteiger partial charge in [-0.3, -0.25) is 0 Å². The Morgan fingerprint density at radius 3 is 2.38 bits per heavy atom. The molecule has 2 N–H and O–H groups in total. The maximum absolute atomic E-state index is 11.1. The number of para-hydroxylation sites is 1. The molecule has 1 aliphatic rings. The van der Waals surface area contributed by atoms with E-state index in [1.807, 2.05) is 24.0 Å². The van der Waals surface area contributed by atoms with Crippen LogP contribution in [0, 0.1) is 6.92 Å². The maximum atomic E-state index is 11.1. The lowest BCUT2D eigenvalue weighted by atomic mass is 10.2. The van der Waals surface area contributed by atoms with Crippen LogP contribution in [0.25, 0.3) is 11.4 Å². The Balaban J connectivity index is 1.53. The number of piperazine rings is 1. The van der Waals surface area contributed by atoms with Crippen molar-refractivity contribution in [1.82, 2.24) is 24.7 Å². The van der Waals surface area contributed by atoms with Crippen molar-refractivity contribution >= 4 is 17.7 Å². The Kier molecular flexibility index (Phi) is 4.75. The first-order valence-electron chi connectivity index (χ1n) is 9.20. The molecule has 0 saturated carbocycles. The molecule has 1 fully saturated rings. The number of hydrogen-bond acceptors (Lipinski definition) is 8. The SMILES string of the molecule is Cc1cc(N2CCN(c3nc(C(=O)O)nn3C)CC2)nc(-c2ccccc2O)n1. The highest BCUT2D eigenvalue weighted by molar-refractivity contribution is 5.83. The third kappa shape index (κ3) is 3.68. The fraction of sp³-hybridized carbons (Fsp3) is 0.316. The summed E-state index contributed by atoms with van der Waals surface area (Å²) in [4.78, 5) is 28.5. The van der Waals surface area contributed by atoms with Crippen molar-refractivity contribution in [3.63, 3.8) is 0 Å². The number of benzene rings is 1. The molecule has 10 nitrogen and oxygen atoms in total. The van der Waals surface area contributed by atoms with Gasteiger partial charge in [-0.05, 0) is 19.1 Å². The Morgan fingerprint density at radius 1 is 1.03 bits per heavy atom. The number of aryl methyl sites for hydroxylation is 2. The molecule has 0 amide bonds. The first-order valence-corrected chi connectivity index (χ1v) is 9.20. The molecule has 1 aliphatic heterocycles. The summed E-state index contributed by atoms with van der Waals surface area (Å²) in [5, 5.41) is 23.1. The lowest BCUT2D eigenvalue weighted by Gasteiger charge is -2.35. The molecule has 0 spiro atoms. The summed E-state index contributed by atoms with van der Waals surface area (Å²) in [6.07, 6.45) is 0. The third-order valence-corrected chi connectivity index (χ3v) is 4.80. The fourth-order valence-electron chi connectivity index (χ4n) is 3.37. The zero-order valence-electron chi connectivity index (χ0n) is 16.1. The van der Waals surface area contributed by atoms with Crippen LogP contribution in [-0.2, 0) is 7.05 Å². The number of hydrogen-bond donors (Lipinski definition) is 2. The van der Waals surface area contributed by atoms with Gasteiger partial charge in [0.25, 0.3) is 5.82 Å². The van der Waals surface area contributed by atoms with Crippen LogP contribution in [0.15, 0.2) is 30.3 Å². The summed E-state index contributed by atoms with van der Waals surface area (Å²) in [5.74, 6) is 0.614. The number of carbonyl (C=O) groups is 1. The maximum Gasteiger partial charge on any atom is 0.375 e. The van der Waals surface area contributed by atoms with Crippen LogP contribution in [0.4, 0.5) is 11.8 Å². The number of rotatable bonds is 4. The van der Waals surface area contributed by atoms with Crippen molar-refractivity contribution < 1.29 is 15.0 Å². The molecule has 4 rings (SSSR count). The molecule has 1 saturated heterocycles. The number of phenolic OH excluding ortho intramolecular Hbond substituents is 1. The van der Waals surface area contributed by atoms with Gasteiger partial charge in [-0.1, -0.05) is 12.1 Å². The van der Waals surface area contributed by atoms with Gasteiger partial charge in [-0.25, -0.2) is 19.4 Å². The minimum Gasteiger partial charge on any atom is -0.507 e. The van der Waals surface area contributed by atoms with Crippen molar-refractivity contribution in [3.8, 4) is 17.1 Å². The lowest BCUT2D eigenvalue weighted by Crippen LogP contribution is -2.47. The summed E-state index contributed by atoms with van der Waals surface area (Å²) < 4.78 is 1.49. The quantitative estimate of drug-likeness (QED) is 0.673. The highest BCUT2D eigenvalue weighted by atomic mass is 16.4. The van der Waals surface area contributed by atoms with Crippen molar-refractivity contribution in [3.05, 3.63) is 41.9 Å². The van der Waals surface area contributed by atoms with Gasteiger partial charge in [0.05, 0.1) is 5.56 Å².